The molecule has 0 bridgehead atoms. The Morgan fingerprint density at radius 3 is 2.81 bits per heavy atom. The third kappa shape index (κ3) is 4.34. The van der Waals surface area contributed by atoms with Crippen molar-refractivity contribution >= 4 is 28.2 Å². The lowest BCUT2D eigenvalue weighted by molar-refractivity contribution is -0.145. The fraction of sp³-hybridized carbons (Fsp3) is 0.222. The molecule has 1 amide bonds. The summed E-state index contributed by atoms with van der Waals surface area (Å²) in [5.41, 5.74) is 1.84. The summed E-state index contributed by atoms with van der Waals surface area (Å²) in [6.07, 6.45) is 0.195. The Hall–Kier alpha value is -3.00. The highest BCUT2D eigenvalue weighted by atomic mass is 32.1. The molecule has 2 heterocycles. The number of hydrogen-bond donors (Lipinski definition) is 1. The molecular weight excluding hydrogens is 354 g/mol. The van der Waals surface area contributed by atoms with Crippen molar-refractivity contribution in [2.24, 2.45) is 0 Å². The van der Waals surface area contributed by atoms with E-state index < -0.39 is 5.97 Å². The topological polar surface area (TPSA) is 89.8 Å². The van der Waals surface area contributed by atoms with Crippen LogP contribution in [0, 0.1) is 6.92 Å². The van der Waals surface area contributed by atoms with Gasteiger partial charge in [-0.2, -0.15) is 0 Å². The molecule has 0 unspecified atom stereocenters. The summed E-state index contributed by atoms with van der Waals surface area (Å²) >= 11 is 1.35. The summed E-state index contributed by atoms with van der Waals surface area (Å²) in [5.74, 6) is -0.851. The van der Waals surface area contributed by atoms with E-state index in [1.165, 1.54) is 21.8 Å². The zero-order valence-corrected chi connectivity index (χ0v) is 14.9. The van der Waals surface area contributed by atoms with Crippen LogP contribution in [0.5, 0.6) is 0 Å². The lowest BCUT2D eigenvalue weighted by Gasteiger charge is -2.07. The minimum Gasteiger partial charge on any atom is -0.458 e. The van der Waals surface area contributed by atoms with Gasteiger partial charge in [0.25, 0.3) is 5.56 Å². The largest absolute Gasteiger partial charge is 0.458 e. The zero-order chi connectivity index (χ0) is 18.5. The lowest BCUT2D eigenvalue weighted by atomic mass is 10.1. The van der Waals surface area contributed by atoms with Crippen LogP contribution >= 0.6 is 11.3 Å². The summed E-state index contributed by atoms with van der Waals surface area (Å²) < 4.78 is 6.58. The van der Waals surface area contributed by atoms with Crippen LogP contribution in [0.2, 0.25) is 0 Å². The van der Waals surface area contributed by atoms with Crippen LogP contribution in [-0.2, 0) is 27.4 Å². The molecule has 7 nitrogen and oxygen atoms in total. The van der Waals surface area contributed by atoms with Crippen LogP contribution in [0.4, 0.5) is 0 Å². The smallest absolute Gasteiger partial charge is 0.325 e. The van der Waals surface area contributed by atoms with Crippen molar-refractivity contribution in [2.75, 3.05) is 6.54 Å². The number of aromatic nitrogens is 2. The Morgan fingerprint density at radius 2 is 2.04 bits per heavy atom. The molecule has 8 heteroatoms. The second kappa shape index (κ2) is 7.92. The van der Waals surface area contributed by atoms with Crippen molar-refractivity contribution in [3.63, 3.8) is 0 Å². The number of benzene rings is 1. The second-order valence-corrected chi connectivity index (χ2v) is 6.52. The van der Waals surface area contributed by atoms with Gasteiger partial charge in [0.1, 0.15) is 13.2 Å². The van der Waals surface area contributed by atoms with E-state index in [1.54, 1.807) is 0 Å². The predicted octanol–water partition coefficient (Wildman–Crippen LogP) is 1.47. The molecule has 0 spiro atoms. The highest BCUT2D eigenvalue weighted by molar-refractivity contribution is 7.15. The molecule has 0 fully saturated rings. The molecule has 0 aliphatic rings. The number of carbonyl (C=O) groups is 2. The minimum absolute atomic E-state index is 0.115. The number of nitrogens with zero attached hydrogens (tertiary/aromatic N) is 2. The molecule has 2 aromatic heterocycles. The van der Waals surface area contributed by atoms with E-state index in [9.17, 15) is 14.4 Å². The van der Waals surface area contributed by atoms with Gasteiger partial charge in [0.2, 0.25) is 5.91 Å². The first kappa shape index (κ1) is 17.8. The Labute approximate surface area is 153 Å². The van der Waals surface area contributed by atoms with E-state index in [4.69, 9.17) is 4.74 Å². The number of nitrogens with one attached hydrogen (secondary N) is 1. The molecule has 1 aromatic carbocycles. The summed E-state index contributed by atoms with van der Waals surface area (Å²) in [6, 6.07) is 10.6. The van der Waals surface area contributed by atoms with Gasteiger partial charge in [-0.05, 0) is 12.5 Å². The van der Waals surface area contributed by atoms with Gasteiger partial charge in [0.05, 0.1) is 12.1 Å². The molecule has 3 rings (SSSR count). The number of carbonyl (C=O) groups excluding carboxylic acids is 2. The summed E-state index contributed by atoms with van der Waals surface area (Å²) in [4.78, 5) is 40.5. The number of fused-ring (bicyclic) bond motifs is 1. The molecule has 134 valence electrons. The molecule has 1 N–H and O–H groups in total. The quantitative estimate of drug-likeness (QED) is 0.663. The molecule has 3 aromatic rings. The molecule has 0 radical (unpaired) electrons. The van der Waals surface area contributed by atoms with E-state index in [1.807, 2.05) is 42.6 Å². The lowest BCUT2D eigenvalue weighted by Crippen LogP contribution is -2.31. The summed E-state index contributed by atoms with van der Waals surface area (Å²) in [5, 5.41) is 4.35. The van der Waals surface area contributed by atoms with Crippen molar-refractivity contribution in [3.8, 4) is 0 Å². The molecule has 0 saturated carbocycles. The Balaban J connectivity index is 1.50. The van der Waals surface area contributed by atoms with Gasteiger partial charge in [-0.1, -0.05) is 30.3 Å². The number of hydrogen-bond acceptors (Lipinski definition) is 6. The maximum atomic E-state index is 12.0. The van der Waals surface area contributed by atoms with E-state index in [0.29, 0.717) is 10.7 Å². The number of amides is 1. The molecule has 0 atom stereocenters. The molecule has 0 aliphatic heterocycles. The van der Waals surface area contributed by atoms with Crippen LogP contribution in [0.25, 0.3) is 4.96 Å². The normalized spacial score (nSPS) is 10.7. The minimum atomic E-state index is -0.587. The predicted molar refractivity (Wildman–Crippen MR) is 97.0 cm³/mol. The molecule has 0 aliphatic carbocycles. The van der Waals surface area contributed by atoms with Crippen LogP contribution < -0.4 is 10.9 Å². The van der Waals surface area contributed by atoms with Crippen LogP contribution in [-0.4, -0.2) is 27.8 Å². The molecular formula is C18H17N3O4S. The van der Waals surface area contributed by atoms with Gasteiger partial charge in [-0.25, -0.2) is 4.98 Å². The Bertz CT molecular complexity index is 995. The maximum Gasteiger partial charge on any atom is 0.325 e. The van der Waals surface area contributed by atoms with Gasteiger partial charge >= 0.3 is 5.97 Å². The Morgan fingerprint density at radius 1 is 1.27 bits per heavy atom. The standard InChI is InChI=1S/C18H17N3O4S/c1-12-11-26-18-20-14(8-16(23)21(12)18)10-25-17(24)9-19-15(22)7-13-5-3-2-4-6-13/h2-6,8,11H,7,9-10H2,1H3,(H,19,22). The fourth-order valence-electron chi connectivity index (χ4n) is 2.39. The fourth-order valence-corrected chi connectivity index (χ4v) is 3.29. The highest BCUT2D eigenvalue weighted by Crippen LogP contribution is 2.11. The van der Waals surface area contributed by atoms with Gasteiger partial charge in [0, 0.05) is 17.1 Å². The van der Waals surface area contributed by atoms with Crippen LogP contribution in [0.3, 0.4) is 0 Å². The number of thiazole rings is 1. The third-order valence-electron chi connectivity index (χ3n) is 3.65. The van der Waals surface area contributed by atoms with Crippen molar-refractivity contribution in [3.05, 3.63) is 69.1 Å². The van der Waals surface area contributed by atoms with Crippen molar-refractivity contribution in [1.82, 2.24) is 14.7 Å². The summed E-state index contributed by atoms with van der Waals surface area (Å²) in [6.45, 7) is 1.48. The molecule has 26 heavy (non-hydrogen) atoms. The molecule has 0 saturated heterocycles. The first-order valence-electron chi connectivity index (χ1n) is 7.96. The first-order chi connectivity index (χ1) is 12.5. The van der Waals surface area contributed by atoms with Crippen molar-refractivity contribution in [1.29, 1.82) is 0 Å². The van der Waals surface area contributed by atoms with Gasteiger partial charge < -0.3 is 10.1 Å². The Kier molecular flexibility index (Phi) is 5.43. The highest BCUT2D eigenvalue weighted by Gasteiger charge is 2.10. The van der Waals surface area contributed by atoms with E-state index in [0.717, 1.165) is 11.3 Å². The first-order valence-corrected chi connectivity index (χ1v) is 8.84. The number of ether oxygens (including phenoxy) is 1. The number of esters is 1. The van der Waals surface area contributed by atoms with E-state index in [-0.39, 0.29) is 31.0 Å². The van der Waals surface area contributed by atoms with Gasteiger partial charge in [0.15, 0.2) is 4.96 Å². The van der Waals surface area contributed by atoms with Gasteiger partial charge in [-0.15, -0.1) is 11.3 Å². The zero-order valence-electron chi connectivity index (χ0n) is 14.1. The van der Waals surface area contributed by atoms with Crippen molar-refractivity contribution in [2.45, 2.75) is 20.0 Å². The second-order valence-electron chi connectivity index (χ2n) is 5.68. The third-order valence-corrected chi connectivity index (χ3v) is 4.59. The number of aryl methyl sites for hydroxylation is 1. The van der Waals surface area contributed by atoms with Crippen LogP contribution in [0.15, 0.2) is 46.6 Å². The average Bonchev–Trinajstić information content (AvgIpc) is 3.00. The average molecular weight is 371 g/mol. The van der Waals surface area contributed by atoms with Crippen molar-refractivity contribution < 1.29 is 14.3 Å². The SMILES string of the molecule is Cc1csc2nc(COC(=O)CNC(=O)Cc3ccccc3)cc(=O)n12. The summed E-state index contributed by atoms with van der Waals surface area (Å²) in [7, 11) is 0. The number of rotatable bonds is 6. The maximum absolute atomic E-state index is 12.0. The monoisotopic (exact) mass is 371 g/mol. The van der Waals surface area contributed by atoms with E-state index >= 15 is 0 Å². The van der Waals surface area contributed by atoms with Gasteiger partial charge in [-0.3, -0.25) is 18.8 Å². The van der Waals surface area contributed by atoms with E-state index in [2.05, 4.69) is 10.3 Å². The van der Waals surface area contributed by atoms with Crippen LogP contribution in [0.1, 0.15) is 17.0 Å².